The number of aromatic amines is 1. The summed E-state index contributed by atoms with van der Waals surface area (Å²) >= 11 is 1.53. The third-order valence-electron chi connectivity index (χ3n) is 3.96. The van der Waals surface area contributed by atoms with Crippen molar-refractivity contribution in [2.45, 2.75) is 19.3 Å². The summed E-state index contributed by atoms with van der Waals surface area (Å²) in [6.07, 6.45) is 5.30. The molecule has 1 aliphatic rings. The van der Waals surface area contributed by atoms with Crippen molar-refractivity contribution in [2.75, 3.05) is 18.0 Å². The molecule has 3 aromatic rings. The van der Waals surface area contributed by atoms with Gasteiger partial charge < -0.3 is 9.88 Å². The summed E-state index contributed by atoms with van der Waals surface area (Å²) in [7, 11) is 0. The van der Waals surface area contributed by atoms with Gasteiger partial charge in [0.05, 0.1) is 11.8 Å². The van der Waals surface area contributed by atoms with E-state index in [1.807, 2.05) is 0 Å². The first kappa shape index (κ1) is 11.9. The van der Waals surface area contributed by atoms with Crippen LogP contribution in [0.2, 0.25) is 0 Å². The zero-order valence-electron chi connectivity index (χ0n) is 11.1. The highest BCUT2D eigenvalue weighted by molar-refractivity contribution is 7.25. The van der Waals surface area contributed by atoms with Crippen LogP contribution < -0.4 is 10.5 Å². The van der Waals surface area contributed by atoms with Crippen molar-refractivity contribution in [1.82, 2.24) is 9.97 Å². The van der Waals surface area contributed by atoms with E-state index in [-0.39, 0.29) is 5.56 Å². The highest BCUT2D eigenvalue weighted by Crippen LogP contribution is 2.37. The Morgan fingerprint density at radius 3 is 2.90 bits per heavy atom. The number of thiophene rings is 1. The summed E-state index contributed by atoms with van der Waals surface area (Å²) in [4.78, 5) is 21.4. The van der Waals surface area contributed by atoms with E-state index in [2.05, 4.69) is 33.1 Å². The maximum absolute atomic E-state index is 11.9. The number of piperidine rings is 1. The summed E-state index contributed by atoms with van der Waals surface area (Å²) < 4.78 is 1.87. The first-order valence-electron chi connectivity index (χ1n) is 6.98. The lowest BCUT2D eigenvalue weighted by Crippen LogP contribution is -2.29. The van der Waals surface area contributed by atoms with Crippen molar-refractivity contribution in [3.05, 3.63) is 34.9 Å². The van der Waals surface area contributed by atoms with Crippen LogP contribution in [0.25, 0.3) is 20.3 Å². The first-order valence-corrected chi connectivity index (χ1v) is 7.80. The number of anilines is 1. The van der Waals surface area contributed by atoms with Gasteiger partial charge in [-0.2, -0.15) is 0 Å². The Morgan fingerprint density at radius 2 is 2.05 bits per heavy atom. The van der Waals surface area contributed by atoms with Gasteiger partial charge in [0.2, 0.25) is 0 Å². The van der Waals surface area contributed by atoms with Crippen LogP contribution in [-0.4, -0.2) is 23.1 Å². The first-order chi connectivity index (χ1) is 9.84. The van der Waals surface area contributed by atoms with E-state index >= 15 is 0 Å². The van der Waals surface area contributed by atoms with Gasteiger partial charge in [-0.25, -0.2) is 4.98 Å². The van der Waals surface area contributed by atoms with Crippen LogP contribution in [0.1, 0.15) is 19.3 Å². The van der Waals surface area contributed by atoms with Crippen LogP contribution in [0.15, 0.2) is 29.3 Å². The van der Waals surface area contributed by atoms with Crippen molar-refractivity contribution in [2.24, 2.45) is 0 Å². The van der Waals surface area contributed by atoms with E-state index in [9.17, 15) is 4.79 Å². The van der Waals surface area contributed by atoms with Crippen LogP contribution in [0.3, 0.4) is 0 Å². The quantitative estimate of drug-likeness (QED) is 0.747. The van der Waals surface area contributed by atoms with Gasteiger partial charge in [-0.1, -0.05) is 6.07 Å². The number of aromatic nitrogens is 2. The van der Waals surface area contributed by atoms with Crippen molar-refractivity contribution in [3.8, 4) is 0 Å². The minimum atomic E-state index is -0.0409. The highest BCUT2D eigenvalue weighted by Gasteiger charge is 2.18. The summed E-state index contributed by atoms with van der Waals surface area (Å²) in [5.41, 5.74) is 2.03. The Balaban J connectivity index is 2.03. The molecule has 0 unspecified atom stereocenters. The molecule has 1 aliphatic heterocycles. The van der Waals surface area contributed by atoms with Gasteiger partial charge >= 0.3 is 0 Å². The molecule has 5 heteroatoms. The number of hydrogen-bond acceptors (Lipinski definition) is 4. The summed E-state index contributed by atoms with van der Waals surface area (Å²) in [6.45, 7) is 2.19. The molecule has 1 N–H and O–H groups in total. The number of benzene rings is 1. The van der Waals surface area contributed by atoms with Gasteiger partial charge in [-0.15, -0.1) is 11.3 Å². The van der Waals surface area contributed by atoms with Gasteiger partial charge in [-0.3, -0.25) is 4.79 Å². The summed E-state index contributed by atoms with van der Waals surface area (Å²) in [5.74, 6) is 0. The minimum Gasteiger partial charge on any atom is -0.371 e. The monoisotopic (exact) mass is 285 g/mol. The molecule has 1 aromatic carbocycles. The predicted octanol–water partition coefficient (Wildman–Crippen LogP) is 3.13. The second-order valence-corrected chi connectivity index (χ2v) is 6.26. The molecular formula is C15H15N3OS. The molecule has 0 spiro atoms. The van der Waals surface area contributed by atoms with Crippen molar-refractivity contribution in [3.63, 3.8) is 0 Å². The predicted molar refractivity (Wildman–Crippen MR) is 83.8 cm³/mol. The van der Waals surface area contributed by atoms with Crippen molar-refractivity contribution < 1.29 is 0 Å². The second-order valence-electron chi connectivity index (χ2n) is 5.21. The maximum atomic E-state index is 11.9. The van der Waals surface area contributed by atoms with Crippen LogP contribution >= 0.6 is 11.3 Å². The Labute approximate surface area is 120 Å². The van der Waals surface area contributed by atoms with E-state index in [1.54, 1.807) is 0 Å². The molecule has 0 saturated carbocycles. The zero-order valence-corrected chi connectivity index (χ0v) is 11.9. The fraction of sp³-hybridized carbons (Fsp3) is 0.333. The summed E-state index contributed by atoms with van der Waals surface area (Å²) in [5, 5.41) is 1.14. The van der Waals surface area contributed by atoms with Gasteiger partial charge in [-0.05, 0) is 31.4 Å². The van der Waals surface area contributed by atoms with Crippen LogP contribution in [0, 0.1) is 0 Å². The SMILES string of the molecule is O=c1[nH]cnc2c1sc1cccc(N3CCCCC3)c12. The number of hydrogen-bond donors (Lipinski definition) is 1. The van der Waals surface area contributed by atoms with Gasteiger partial charge in [0.15, 0.2) is 0 Å². The molecule has 3 heterocycles. The van der Waals surface area contributed by atoms with E-state index in [1.165, 1.54) is 42.6 Å². The lowest BCUT2D eigenvalue weighted by molar-refractivity contribution is 0.579. The Morgan fingerprint density at radius 1 is 1.20 bits per heavy atom. The fourth-order valence-corrected chi connectivity index (χ4v) is 4.08. The van der Waals surface area contributed by atoms with Gasteiger partial charge in [0.25, 0.3) is 5.56 Å². The van der Waals surface area contributed by atoms with Crippen molar-refractivity contribution in [1.29, 1.82) is 0 Å². The second kappa shape index (κ2) is 4.59. The van der Waals surface area contributed by atoms with E-state index < -0.39 is 0 Å². The summed E-state index contributed by atoms with van der Waals surface area (Å²) in [6, 6.07) is 6.31. The van der Waals surface area contributed by atoms with E-state index in [0.29, 0.717) is 0 Å². The Hall–Kier alpha value is -1.88. The number of rotatable bonds is 1. The number of nitrogens with one attached hydrogen (secondary N) is 1. The molecule has 1 saturated heterocycles. The third kappa shape index (κ3) is 1.73. The normalized spacial score (nSPS) is 16.1. The number of fused-ring (bicyclic) bond motifs is 3. The third-order valence-corrected chi connectivity index (χ3v) is 5.10. The standard InChI is InChI=1S/C15H15N3OS/c19-15-14-13(16-9-17-15)12-10(5-4-6-11(12)20-14)18-7-2-1-3-8-18/h4-6,9H,1-3,7-8H2,(H,16,17,19). The largest absolute Gasteiger partial charge is 0.371 e. The topological polar surface area (TPSA) is 49.0 Å². The average molecular weight is 285 g/mol. The lowest BCUT2D eigenvalue weighted by atomic mass is 10.1. The molecule has 0 amide bonds. The molecule has 4 nitrogen and oxygen atoms in total. The van der Waals surface area contributed by atoms with Crippen molar-refractivity contribution >= 4 is 37.3 Å². The lowest BCUT2D eigenvalue weighted by Gasteiger charge is -2.29. The number of nitrogens with zero attached hydrogens (tertiary/aromatic N) is 2. The molecule has 102 valence electrons. The smallest absolute Gasteiger partial charge is 0.268 e. The zero-order chi connectivity index (χ0) is 13.5. The maximum Gasteiger partial charge on any atom is 0.268 e. The van der Waals surface area contributed by atoms with Crippen LogP contribution in [0.4, 0.5) is 5.69 Å². The Bertz CT molecular complexity index is 830. The number of H-pyrrole nitrogens is 1. The van der Waals surface area contributed by atoms with Crippen LogP contribution in [0.5, 0.6) is 0 Å². The molecular weight excluding hydrogens is 270 g/mol. The van der Waals surface area contributed by atoms with Crippen LogP contribution in [-0.2, 0) is 0 Å². The molecule has 0 bridgehead atoms. The minimum absolute atomic E-state index is 0.0409. The van der Waals surface area contributed by atoms with E-state index in [4.69, 9.17) is 0 Å². The van der Waals surface area contributed by atoms with E-state index in [0.717, 1.165) is 33.4 Å². The fourth-order valence-electron chi connectivity index (χ4n) is 3.01. The molecule has 2 aromatic heterocycles. The molecule has 0 aliphatic carbocycles. The average Bonchev–Trinajstić information content (AvgIpc) is 2.88. The Kier molecular flexibility index (Phi) is 2.73. The molecule has 4 rings (SSSR count). The molecule has 0 atom stereocenters. The van der Waals surface area contributed by atoms with Gasteiger partial charge in [0, 0.05) is 28.9 Å². The molecule has 20 heavy (non-hydrogen) atoms. The van der Waals surface area contributed by atoms with Gasteiger partial charge in [0.1, 0.15) is 4.70 Å². The molecule has 0 radical (unpaired) electrons. The molecule has 1 fully saturated rings. The highest BCUT2D eigenvalue weighted by atomic mass is 32.1.